The Hall–Kier alpha value is -3.72. The summed E-state index contributed by atoms with van der Waals surface area (Å²) in [5.74, 6) is -0.200. The second kappa shape index (κ2) is 27.6. The van der Waals surface area contributed by atoms with Gasteiger partial charge >= 0.3 is 71.1 Å². The van der Waals surface area contributed by atoms with Crippen molar-refractivity contribution in [3.8, 4) is 23.0 Å². The summed E-state index contributed by atoms with van der Waals surface area (Å²) in [5.41, 5.74) is 1.46. The maximum atomic E-state index is 13.0. The van der Waals surface area contributed by atoms with E-state index in [1.807, 2.05) is 6.08 Å². The van der Waals surface area contributed by atoms with Gasteiger partial charge in [-0.2, -0.15) is 0 Å². The molecule has 2 unspecified atom stereocenters. The molecule has 9 atom stereocenters. The summed E-state index contributed by atoms with van der Waals surface area (Å²) in [4.78, 5) is 49.8. The number of hydrogen-bond donors (Lipinski definition) is 2. The monoisotopic (exact) mass is 1140 g/mol. The normalized spacial score (nSPS) is 24.3. The van der Waals surface area contributed by atoms with Gasteiger partial charge in [-0.1, -0.05) is 107 Å². The molecule has 0 spiro atoms. The van der Waals surface area contributed by atoms with E-state index < -0.39 is 35.0 Å². The van der Waals surface area contributed by atoms with E-state index in [-0.39, 0.29) is 116 Å². The Balaban J connectivity index is 0.00000504. The molecule has 4 aliphatic rings. The molecular formula is C63H74Cl2Na2O12. The van der Waals surface area contributed by atoms with Crippen molar-refractivity contribution in [3.63, 3.8) is 0 Å². The number of allylic oxidation sites excluding steroid dienone is 1. The van der Waals surface area contributed by atoms with Gasteiger partial charge in [-0.05, 0) is 182 Å². The van der Waals surface area contributed by atoms with Crippen LogP contribution in [0.2, 0.25) is 10.0 Å². The van der Waals surface area contributed by atoms with Crippen LogP contribution in [-0.4, -0.2) is 48.3 Å². The van der Waals surface area contributed by atoms with E-state index in [1.165, 1.54) is 127 Å². The molecule has 4 aliphatic carbocycles. The van der Waals surface area contributed by atoms with Crippen LogP contribution < -0.4 is 88.3 Å². The van der Waals surface area contributed by atoms with Gasteiger partial charge in [-0.3, -0.25) is 0 Å². The van der Waals surface area contributed by atoms with Gasteiger partial charge in [0.15, 0.2) is 0 Å². The SMILES string of the molecule is COc1c(COc2c(Cl)cc(C(=CCC[C@H]3CC[C@@]4(C)C(CC[C@H]5[C@@H]6CC[C@H](C(C)CCCC(C)C)[C@@]6(C)CC[C@@H]54)C3)c3cc(Cl)c(OCc4cccc(C(=O)O)c4OC)c(C(=O)[O-])c3)cc2C(=O)[O-])cccc1C(=O)O.[Na+].[Na+]. The number of hydrogen-bond acceptors (Lipinski definition) is 10. The zero-order chi connectivity index (χ0) is 55.5. The van der Waals surface area contributed by atoms with Crippen LogP contribution in [0.1, 0.15) is 188 Å². The summed E-state index contributed by atoms with van der Waals surface area (Å²) in [5, 5.41) is 45.2. The summed E-state index contributed by atoms with van der Waals surface area (Å²) in [7, 11) is 2.64. The van der Waals surface area contributed by atoms with Gasteiger partial charge in [0.05, 0.1) is 36.2 Å². The molecule has 414 valence electrons. The van der Waals surface area contributed by atoms with Crippen LogP contribution in [0.25, 0.3) is 5.57 Å². The predicted octanol–water partition coefficient (Wildman–Crippen LogP) is 7.25. The Morgan fingerprint density at radius 1 is 0.671 bits per heavy atom. The number of ether oxygens (including phenoxy) is 4. The van der Waals surface area contributed by atoms with Gasteiger partial charge in [0, 0.05) is 22.3 Å². The van der Waals surface area contributed by atoms with Crippen molar-refractivity contribution in [1.82, 2.24) is 0 Å². The van der Waals surface area contributed by atoms with Crippen molar-refractivity contribution in [2.75, 3.05) is 14.2 Å². The molecule has 16 heteroatoms. The molecule has 0 bridgehead atoms. The molecule has 12 nitrogen and oxygen atoms in total. The summed E-state index contributed by atoms with van der Waals surface area (Å²) >= 11 is 13.9. The van der Waals surface area contributed by atoms with Crippen molar-refractivity contribution in [2.45, 2.75) is 138 Å². The van der Waals surface area contributed by atoms with Crippen LogP contribution in [-0.2, 0) is 13.2 Å². The molecule has 4 aromatic carbocycles. The predicted molar refractivity (Wildman–Crippen MR) is 293 cm³/mol. The van der Waals surface area contributed by atoms with E-state index in [9.17, 15) is 39.6 Å². The quantitative estimate of drug-likeness (QED) is 0.0751. The fraction of sp³-hybridized carbons (Fsp3) is 0.524. The zero-order valence-corrected chi connectivity index (χ0v) is 53.0. The Morgan fingerprint density at radius 3 is 1.68 bits per heavy atom. The van der Waals surface area contributed by atoms with Gasteiger partial charge in [-0.15, -0.1) is 0 Å². The summed E-state index contributed by atoms with van der Waals surface area (Å²) < 4.78 is 22.8. The molecule has 0 aliphatic heterocycles. The van der Waals surface area contributed by atoms with Crippen LogP contribution in [0, 0.1) is 58.2 Å². The Kier molecular flexibility index (Phi) is 22.5. The van der Waals surface area contributed by atoms with Gasteiger partial charge in [-0.25, -0.2) is 9.59 Å². The van der Waals surface area contributed by atoms with E-state index in [0.717, 1.165) is 54.8 Å². The average molecular weight is 1140 g/mol. The largest absolute Gasteiger partial charge is 1.00 e. The van der Waals surface area contributed by atoms with Crippen molar-refractivity contribution in [2.24, 2.45) is 58.2 Å². The van der Waals surface area contributed by atoms with Gasteiger partial charge < -0.3 is 49.0 Å². The molecule has 0 amide bonds. The van der Waals surface area contributed by atoms with Crippen LogP contribution in [0.3, 0.4) is 0 Å². The fourth-order valence-electron chi connectivity index (χ4n) is 15.1. The minimum absolute atomic E-state index is 0. The van der Waals surface area contributed by atoms with E-state index in [0.29, 0.717) is 56.9 Å². The average Bonchev–Trinajstić information content (AvgIpc) is 3.99. The van der Waals surface area contributed by atoms with Crippen molar-refractivity contribution in [1.29, 1.82) is 0 Å². The number of carbonyl (C=O) groups is 4. The molecule has 4 aromatic rings. The summed E-state index contributed by atoms with van der Waals surface area (Å²) in [6.45, 7) is 11.9. The van der Waals surface area contributed by atoms with Crippen LogP contribution in [0.15, 0.2) is 66.7 Å². The summed E-state index contributed by atoms with van der Waals surface area (Å²) in [6, 6.07) is 14.7. The molecule has 0 saturated heterocycles. The molecule has 8 rings (SSSR count). The Labute approximate surface area is 520 Å². The van der Waals surface area contributed by atoms with E-state index >= 15 is 0 Å². The number of fused-ring (bicyclic) bond motifs is 5. The zero-order valence-electron chi connectivity index (χ0n) is 47.5. The smallest absolute Gasteiger partial charge is 0.545 e. The van der Waals surface area contributed by atoms with Crippen LogP contribution in [0.4, 0.5) is 0 Å². The van der Waals surface area contributed by atoms with Gasteiger partial charge in [0.1, 0.15) is 47.3 Å². The third-order valence-electron chi connectivity index (χ3n) is 18.9. The molecule has 0 radical (unpaired) electrons. The molecule has 79 heavy (non-hydrogen) atoms. The van der Waals surface area contributed by atoms with Gasteiger partial charge in [0.2, 0.25) is 0 Å². The van der Waals surface area contributed by atoms with Crippen molar-refractivity contribution in [3.05, 3.63) is 121 Å². The number of rotatable bonds is 22. The standard InChI is InChI=1S/C63H76Cl2O12.2Na/c1-35(2)12-8-13-36(3)49-22-23-50-44-21-20-42-28-37(24-26-62(42,4)51(44)25-27-63(49,50)5)14-9-17-43(40-29-47(60(70)71)56(52(64)31-40)76-33-38-15-10-18-45(58(66)67)54(38)74-6)41-30-48(61(72)73)57(53(65)32-41)77-34-39-16-11-19-46(59(68)69)55(39)75-7;;/h10-11,15-19,29-32,35-37,42,44,49-51H,8-9,12-14,20-28,33-34H2,1-7H3,(H,66,67)(H,68,69)(H,70,71)(H,72,73);;/q;2*+1/p-2/t36?,37-,42?,44-,49+,50-,51-,62-,63+;;/m0../s1. The molecule has 0 heterocycles. The molecule has 4 fully saturated rings. The second-order valence-electron chi connectivity index (χ2n) is 23.5. The maximum Gasteiger partial charge on any atom is 1.00 e. The molecule has 4 saturated carbocycles. The molecule has 0 aromatic heterocycles. The number of carbonyl (C=O) groups excluding carboxylic acids is 2. The molecular weight excluding hydrogens is 1070 g/mol. The first-order valence-corrected chi connectivity index (χ1v) is 28.3. The van der Waals surface area contributed by atoms with Crippen LogP contribution in [0.5, 0.6) is 23.0 Å². The number of methoxy groups -OCH3 is 2. The number of benzene rings is 4. The van der Waals surface area contributed by atoms with E-state index in [2.05, 4.69) is 34.6 Å². The number of carboxylic acid groups (broad SMARTS) is 4. The number of aromatic carboxylic acids is 4. The number of halogens is 2. The van der Waals surface area contributed by atoms with E-state index in [4.69, 9.17) is 42.1 Å². The van der Waals surface area contributed by atoms with Crippen LogP contribution >= 0.6 is 23.2 Å². The molecule has 2 N–H and O–H groups in total. The topological polar surface area (TPSA) is 192 Å². The third kappa shape index (κ3) is 13.7. The van der Waals surface area contributed by atoms with Crippen molar-refractivity contribution >= 4 is 52.7 Å². The number of para-hydroxylation sites is 2. The van der Waals surface area contributed by atoms with Crippen molar-refractivity contribution < 1.29 is 118 Å². The first-order chi connectivity index (χ1) is 36.7. The first kappa shape index (κ1) is 64.4. The Bertz CT molecular complexity index is 2770. The third-order valence-corrected chi connectivity index (χ3v) is 19.4. The van der Waals surface area contributed by atoms with E-state index in [1.54, 1.807) is 12.1 Å². The van der Waals surface area contributed by atoms with Gasteiger partial charge in [0.25, 0.3) is 0 Å². The Morgan fingerprint density at radius 2 is 1.19 bits per heavy atom. The summed E-state index contributed by atoms with van der Waals surface area (Å²) in [6.07, 6.45) is 18.8. The second-order valence-corrected chi connectivity index (χ2v) is 24.3. The minimum atomic E-state index is -1.60. The number of carboxylic acids is 4. The first-order valence-electron chi connectivity index (χ1n) is 27.5. The fourth-order valence-corrected chi connectivity index (χ4v) is 15.7. The minimum Gasteiger partial charge on any atom is -0.545 e. The maximum absolute atomic E-state index is 13.0.